The Bertz CT molecular complexity index is 542. The van der Waals surface area contributed by atoms with E-state index in [1.807, 2.05) is 44.2 Å². The number of amides is 1. The number of carbonyl (C=O) groups excluding carboxylic acids is 1. The molecular formula is C13H15N3OS2. The Balaban J connectivity index is 1.99. The van der Waals surface area contributed by atoms with Crippen molar-refractivity contribution in [2.75, 3.05) is 6.54 Å². The van der Waals surface area contributed by atoms with Crippen LogP contribution < -0.4 is 0 Å². The van der Waals surface area contributed by atoms with Crippen LogP contribution in [0.2, 0.25) is 0 Å². The fourth-order valence-electron chi connectivity index (χ4n) is 1.57. The second-order valence-electron chi connectivity index (χ2n) is 3.96. The van der Waals surface area contributed by atoms with Crippen LogP contribution in [-0.4, -0.2) is 26.0 Å². The molecule has 0 spiro atoms. The number of hydrogen-bond acceptors (Lipinski definition) is 5. The van der Waals surface area contributed by atoms with Crippen molar-refractivity contribution in [3.63, 3.8) is 0 Å². The Hall–Kier alpha value is -1.40. The zero-order valence-corrected chi connectivity index (χ0v) is 12.5. The van der Waals surface area contributed by atoms with E-state index < -0.39 is 0 Å². The van der Waals surface area contributed by atoms with Crippen molar-refractivity contribution in [3.05, 3.63) is 40.9 Å². The summed E-state index contributed by atoms with van der Waals surface area (Å²) in [7, 11) is 0. The molecule has 0 radical (unpaired) electrons. The van der Waals surface area contributed by atoms with E-state index in [4.69, 9.17) is 0 Å². The Kier molecular flexibility index (Phi) is 4.93. The molecule has 0 bridgehead atoms. The van der Waals surface area contributed by atoms with E-state index >= 15 is 0 Å². The molecule has 1 heterocycles. The van der Waals surface area contributed by atoms with Crippen LogP contribution in [0.1, 0.15) is 17.5 Å². The van der Waals surface area contributed by atoms with E-state index in [9.17, 15) is 4.79 Å². The van der Waals surface area contributed by atoms with Crippen molar-refractivity contribution in [3.8, 4) is 0 Å². The lowest BCUT2D eigenvalue weighted by molar-refractivity contribution is 0.223. The van der Waals surface area contributed by atoms with Gasteiger partial charge in [-0.15, -0.1) is 0 Å². The zero-order chi connectivity index (χ0) is 13.7. The van der Waals surface area contributed by atoms with Gasteiger partial charge >= 0.3 is 0 Å². The van der Waals surface area contributed by atoms with Gasteiger partial charge in [0.2, 0.25) is 5.16 Å². The predicted molar refractivity (Wildman–Crippen MR) is 78.4 cm³/mol. The number of aryl methyl sites for hydroxylation is 1. The highest BCUT2D eigenvalue weighted by atomic mass is 32.2. The molecule has 0 atom stereocenters. The highest BCUT2D eigenvalue weighted by Gasteiger charge is 2.16. The molecule has 1 aromatic heterocycles. The Morgan fingerprint density at radius 1 is 1.37 bits per heavy atom. The van der Waals surface area contributed by atoms with Gasteiger partial charge in [-0.25, -0.2) is 4.98 Å². The summed E-state index contributed by atoms with van der Waals surface area (Å²) in [4.78, 5) is 18.2. The summed E-state index contributed by atoms with van der Waals surface area (Å²) in [6, 6.07) is 9.97. The first-order chi connectivity index (χ1) is 9.19. The first-order valence-corrected chi connectivity index (χ1v) is 7.59. The van der Waals surface area contributed by atoms with Crippen LogP contribution in [0.4, 0.5) is 4.79 Å². The first kappa shape index (κ1) is 14.0. The number of nitrogens with zero attached hydrogens (tertiary/aromatic N) is 3. The van der Waals surface area contributed by atoms with E-state index in [0.29, 0.717) is 18.2 Å². The van der Waals surface area contributed by atoms with Crippen molar-refractivity contribution < 1.29 is 4.79 Å². The van der Waals surface area contributed by atoms with E-state index in [-0.39, 0.29) is 5.24 Å². The quantitative estimate of drug-likeness (QED) is 0.808. The number of hydrogen-bond donors (Lipinski definition) is 0. The summed E-state index contributed by atoms with van der Waals surface area (Å²) in [5.41, 5.74) is 1.13. The molecule has 0 N–H and O–H groups in total. The molecule has 2 aromatic rings. The third kappa shape index (κ3) is 4.04. The Morgan fingerprint density at radius 2 is 2.11 bits per heavy atom. The lowest BCUT2D eigenvalue weighted by Gasteiger charge is -2.19. The van der Waals surface area contributed by atoms with Crippen LogP contribution in [0, 0.1) is 6.92 Å². The van der Waals surface area contributed by atoms with Crippen LogP contribution >= 0.6 is 23.3 Å². The maximum absolute atomic E-state index is 12.2. The van der Waals surface area contributed by atoms with E-state index in [2.05, 4.69) is 9.36 Å². The topological polar surface area (TPSA) is 46.1 Å². The van der Waals surface area contributed by atoms with Gasteiger partial charge in [0, 0.05) is 24.9 Å². The molecule has 4 nitrogen and oxygen atoms in total. The third-order valence-electron chi connectivity index (χ3n) is 2.54. The molecule has 0 saturated carbocycles. The molecular weight excluding hydrogens is 278 g/mol. The second-order valence-corrected chi connectivity index (χ2v) is 5.84. The summed E-state index contributed by atoms with van der Waals surface area (Å²) in [6.07, 6.45) is 0. The number of thioether (sulfide) groups is 1. The normalized spacial score (nSPS) is 10.4. The number of rotatable bonds is 4. The Morgan fingerprint density at radius 3 is 2.68 bits per heavy atom. The number of carbonyl (C=O) groups is 1. The van der Waals surface area contributed by atoms with Crippen molar-refractivity contribution in [2.24, 2.45) is 0 Å². The lowest BCUT2D eigenvalue weighted by Crippen LogP contribution is -2.26. The van der Waals surface area contributed by atoms with E-state index in [1.165, 1.54) is 11.5 Å². The van der Waals surface area contributed by atoms with E-state index in [0.717, 1.165) is 22.3 Å². The summed E-state index contributed by atoms with van der Waals surface area (Å²) in [5.74, 6) is 0. The molecule has 2 rings (SSSR count). The minimum Gasteiger partial charge on any atom is -0.329 e. The molecule has 1 amide bonds. The smallest absolute Gasteiger partial charge is 0.289 e. The second kappa shape index (κ2) is 6.68. The van der Waals surface area contributed by atoms with Gasteiger partial charge < -0.3 is 4.90 Å². The van der Waals surface area contributed by atoms with Gasteiger partial charge in [-0.2, -0.15) is 4.37 Å². The van der Waals surface area contributed by atoms with Crippen molar-refractivity contribution in [1.82, 2.24) is 14.3 Å². The van der Waals surface area contributed by atoms with Gasteiger partial charge in [-0.3, -0.25) is 4.79 Å². The van der Waals surface area contributed by atoms with Gasteiger partial charge in [0.25, 0.3) is 5.24 Å². The average molecular weight is 293 g/mol. The molecule has 6 heteroatoms. The van der Waals surface area contributed by atoms with Crippen molar-refractivity contribution in [1.29, 1.82) is 0 Å². The standard InChI is InChI=1S/C13H15N3OS2/c1-3-16(9-11-7-5-4-6-8-11)13(17)18-12-14-10(2)19-15-12/h4-8H,3,9H2,1-2H3. The average Bonchev–Trinajstić information content (AvgIpc) is 2.82. The summed E-state index contributed by atoms with van der Waals surface area (Å²) < 4.78 is 4.13. The molecule has 0 aliphatic heterocycles. The van der Waals surface area contributed by atoms with Crippen LogP contribution in [-0.2, 0) is 6.54 Å². The molecule has 0 unspecified atom stereocenters. The lowest BCUT2D eigenvalue weighted by atomic mass is 10.2. The van der Waals surface area contributed by atoms with Crippen LogP contribution in [0.15, 0.2) is 35.5 Å². The highest BCUT2D eigenvalue weighted by molar-refractivity contribution is 8.13. The third-order valence-corrected chi connectivity index (χ3v) is 4.08. The van der Waals surface area contributed by atoms with Gasteiger partial charge in [0.1, 0.15) is 5.01 Å². The Labute approximate surface area is 121 Å². The highest BCUT2D eigenvalue weighted by Crippen LogP contribution is 2.21. The monoisotopic (exact) mass is 293 g/mol. The molecule has 0 saturated heterocycles. The maximum atomic E-state index is 12.2. The summed E-state index contributed by atoms with van der Waals surface area (Å²) in [5, 5.41) is 1.41. The minimum absolute atomic E-state index is 0.0100. The molecule has 100 valence electrons. The number of benzene rings is 1. The zero-order valence-electron chi connectivity index (χ0n) is 10.9. The molecule has 0 aliphatic rings. The van der Waals surface area contributed by atoms with Crippen molar-refractivity contribution >= 4 is 28.5 Å². The SMILES string of the molecule is CCN(Cc1ccccc1)C(=O)Sc1nsc(C)n1. The molecule has 1 aromatic carbocycles. The maximum Gasteiger partial charge on any atom is 0.289 e. The minimum atomic E-state index is -0.0100. The van der Waals surface area contributed by atoms with Gasteiger partial charge in [0.05, 0.1) is 0 Å². The molecule has 19 heavy (non-hydrogen) atoms. The number of aromatic nitrogens is 2. The van der Waals surface area contributed by atoms with Gasteiger partial charge in [-0.05, 0) is 30.9 Å². The van der Waals surface area contributed by atoms with Crippen LogP contribution in [0.5, 0.6) is 0 Å². The van der Waals surface area contributed by atoms with Gasteiger partial charge in [0.15, 0.2) is 0 Å². The largest absolute Gasteiger partial charge is 0.329 e. The van der Waals surface area contributed by atoms with Crippen molar-refractivity contribution in [2.45, 2.75) is 25.5 Å². The predicted octanol–water partition coefficient (Wildman–Crippen LogP) is 3.58. The van der Waals surface area contributed by atoms with E-state index in [1.54, 1.807) is 4.90 Å². The first-order valence-electron chi connectivity index (χ1n) is 6.00. The fourth-order valence-corrected chi connectivity index (χ4v) is 2.93. The van der Waals surface area contributed by atoms with Crippen LogP contribution in [0.3, 0.4) is 0 Å². The molecule has 0 aliphatic carbocycles. The van der Waals surface area contributed by atoms with Gasteiger partial charge in [-0.1, -0.05) is 30.3 Å². The van der Waals surface area contributed by atoms with Crippen LogP contribution in [0.25, 0.3) is 0 Å². The molecule has 0 fully saturated rings. The summed E-state index contributed by atoms with van der Waals surface area (Å²) >= 11 is 2.41. The fraction of sp³-hybridized carbons (Fsp3) is 0.308. The summed E-state index contributed by atoms with van der Waals surface area (Å²) in [6.45, 7) is 5.14.